The van der Waals surface area contributed by atoms with Crippen molar-refractivity contribution in [3.05, 3.63) is 117 Å². The minimum absolute atomic E-state index is 0.383. The molecule has 0 spiro atoms. The molecule has 0 radical (unpaired) electrons. The number of likely N-dealkylation sites (tertiary alicyclic amines) is 4. The van der Waals surface area contributed by atoms with Gasteiger partial charge in [0, 0.05) is 48.4 Å². The molecule has 4 aliphatic heterocycles. The van der Waals surface area contributed by atoms with Gasteiger partial charge in [-0.1, -0.05) is 24.3 Å². The second-order valence-electron chi connectivity index (χ2n) is 17.8. The smallest absolute Gasteiger partial charge is 0.120 e. The highest BCUT2D eigenvalue weighted by Gasteiger charge is 2.19. The first-order valence-corrected chi connectivity index (χ1v) is 22.6. The van der Waals surface area contributed by atoms with Gasteiger partial charge in [0.05, 0.1) is 0 Å². The van der Waals surface area contributed by atoms with Crippen LogP contribution in [0.3, 0.4) is 0 Å². The van der Waals surface area contributed by atoms with E-state index in [1.54, 1.807) is 0 Å². The van der Waals surface area contributed by atoms with E-state index in [1.807, 2.05) is 48.5 Å². The lowest BCUT2D eigenvalue weighted by Gasteiger charge is -2.18. The quantitative estimate of drug-likeness (QED) is 0.105. The number of rotatable bonds is 12. The molecule has 4 fully saturated rings. The van der Waals surface area contributed by atoms with Gasteiger partial charge in [0.25, 0.3) is 0 Å². The van der Waals surface area contributed by atoms with Gasteiger partial charge in [0.2, 0.25) is 0 Å². The van der Waals surface area contributed by atoms with Gasteiger partial charge in [0.15, 0.2) is 0 Å². The number of phenols is 4. The Kier molecular flexibility index (Phi) is 14.7. The topological polar surface area (TPSA) is 93.9 Å². The van der Waals surface area contributed by atoms with Gasteiger partial charge in [-0.25, -0.2) is 0 Å². The Hall–Kier alpha value is -4.60. The Bertz CT molecular complexity index is 1850. The third-order valence-electron chi connectivity index (χ3n) is 13.5. The molecule has 4 heterocycles. The molecular formula is C52H68N4O4. The molecule has 4 aliphatic rings. The fraction of sp³-hybridized carbons (Fsp3) is 0.462. The van der Waals surface area contributed by atoms with E-state index < -0.39 is 0 Å². The first kappa shape index (κ1) is 43.5. The number of allylic oxidation sites excluding steroid dienone is 4. The molecule has 0 saturated carbocycles. The van der Waals surface area contributed by atoms with E-state index in [-0.39, 0.29) is 0 Å². The zero-order valence-electron chi connectivity index (χ0n) is 36.6. The molecule has 0 bridgehead atoms. The van der Waals surface area contributed by atoms with Crippen LogP contribution in [-0.2, 0) is 26.2 Å². The molecule has 8 rings (SSSR count). The van der Waals surface area contributed by atoms with Crippen LogP contribution in [0.1, 0.15) is 124 Å². The van der Waals surface area contributed by atoms with Crippen LogP contribution >= 0.6 is 0 Å². The summed E-state index contributed by atoms with van der Waals surface area (Å²) in [6, 6.07) is 23.9. The fourth-order valence-corrected chi connectivity index (χ4v) is 9.37. The number of nitrogens with zero attached hydrogens (tertiary/aromatic N) is 4. The molecule has 60 heavy (non-hydrogen) atoms. The second-order valence-corrected chi connectivity index (χ2v) is 17.8. The number of aromatic hydroxyl groups is 4. The number of phenolic OH excluding ortho intramolecular Hbond substituents is 4. The Balaban J connectivity index is 0.000000181. The average Bonchev–Trinajstić information content (AvgIpc) is 4.11. The van der Waals surface area contributed by atoms with Crippen LogP contribution in [0.2, 0.25) is 0 Å². The van der Waals surface area contributed by atoms with E-state index in [4.69, 9.17) is 0 Å². The summed E-state index contributed by atoms with van der Waals surface area (Å²) in [5.74, 6) is 1.53. The van der Waals surface area contributed by atoms with Crippen molar-refractivity contribution >= 4 is 22.3 Å². The molecule has 4 N–H and O–H groups in total. The maximum Gasteiger partial charge on any atom is 0.120 e. The van der Waals surface area contributed by atoms with Crippen molar-refractivity contribution in [3.63, 3.8) is 0 Å². The molecule has 0 atom stereocenters. The minimum atomic E-state index is 0.383. The average molecular weight is 813 g/mol. The molecule has 320 valence electrons. The summed E-state index contributed by atoms with van der Waals surface area (Å²) >= 11 is 0. The third-order valence-corrected chi connectivity index (χ3v) is 13.5. The molecule has 8 heteroatoms. The summed E-state index contributed by atoms with van der Waals surface area (Å²) in [5, 5.41) is 41.4. The van der Waals surface area contributed by atoms with Crippen LogP contribution in [-0.4, -0.2) is 92.4 Å². The van der Waals surface area contributed by atoms with Crippen LogP contribution < -0.4 is 0 Å². The Morgan fingerprint density at radius 2 is 0.517 bits per heavy atom. The van der Waals surface area contributed by atoms with Crippen molar-refractivity contribution in [1.82, 2.24) is 19.6 Å². The fourth-order valence-electron chi connectivity index (χ4n) is 9.37. The van der Waals surface area contributed by atoms with E-state index in [0.717, 1.165) is 123 Å². The molecule has 4 aromatic carbocycles. The summed E-state index contributed by atoms with van der Waals surface area (Å²) < 4.78 is 0. The highest BCUT2D eigenvalue weighted by atomic mass is 16.3. The number of benzene rings is 4. The van der Waals surface area contributed by atoms with Crippen LogP contribution in [0.5, 0.6) is 23.0 Å². The van der Waals surface area contributed by atoms with Crippen molar-refractivity contribution in [2.75, 3.05) is 52.4 Å². The van der Waals surface area contributed by atoms with Gasteiger partial charge >= 0.3 is 0 Å². The first-order valence-electron chi connectivity index (χ1n) is 22.6. The van der Waals surface area contributed by atoms with Crippen molar-refractivity contribution < 1.29 is 20.4 Å². The zero-order chi connectivity index (χ0) is 42.2. The lowest BCUT2D eigenvalue weighted by atomic mass is 9.94. The number of hydrogen-bond donors (Lipinski definition) is 4. The van der Waals surface area contributed by atoms with Crippen LogP contribution in [0.15, 0.2) is 72.8 Å². The SMILES string of the molecule is C/C(=C(/C)c1ccc(O)c(CN2CCCC2)c1)c1ccc(O)c(CN2CCCC2)c1.C/C(=C(\C)c1ccc(O)c(CN2CCCC2)c1)c1ccc(O)c(CN2CCCC2)c1. The van der Waals surface area contributed by atoms with Crippen LogP contribution in [0.25, 0.3) is 22.3 Å². The first-order chi connectivity index (χ1) is 29.0. The molecule has 0 aromatic heterocycles. The monoisotopic (exact) mass is 813 g/mol. The summed E-state index contributed by atoms with van der Waals surface area (Å²) in [7, 11) is 0. The summed E-state index contributed by atoms with van der Waals surface area (Å²) in [4.78, 5) is 9.65. The van der Waals surface area contributed by atoms with Crippen LogP contribution in [0.4, 0.5) is 0 Å². The van der Waals surface area contributed by atoms with Crippen molar-refractivity contribution in [2.24, 2.45) is 0 Å². The van der Waals surface area contributed by atoms with Gasteiger partial charge in [0.1, 0.15) is 23.0 Å². The molecule has 8 nitrogen and oxygen atoms in total. The zero-order valence-corrected chi connectivity index (χ0v) is 36.6. The lowest BCUT2D eigenvalue weighted by molar-refractivity contribution is 0.324. The minimum Gasteiger partial charge on any atom is -0.508 e. The maximum atomic E-state index is 10.4. The normalized spacial score (nSPS) is 18.7. The van der Waals surface area contributed by atoms with E-state index in [1.165, 1.54) is 73.7 Å². The molecule has 4 saturated heterocycles. The summed E-state index contributed by atoms with van der Waals surface area (Å²) in [6.07, 6.45) is 9.99. The Morgan fingerprint density at radius 3 is 0.700 bits per heavy atom. The predicted octanol–water partition coefficient (Wildman–Crippen LogP) is 10.5. The highest BCUT2D eigenvalue weighted by molar-refractivity contribution is 5.90. The summed E-state index contributed by atoms with van der Waals surface area (Å²) in [6.45, 7) is 20.8. The largest absolute Gasteiger partial charge is 0.508 e. The highest BCUT2D eigenvalue weighted by Crippen LogP contribution is 2.34. The maximum absolute atomic E-state index is 10.4. The van der Waals surface area contributed by atoms with Gasteiger partial charge in [-0.15, -0.1) is 0 Å². The molecular weight excluding hydrogens is 745 g/mol. The van der Waals surface area contributed by atoms with Crippen LogP contribution in [0, 0.1) is 0 Å². The van der Waals surface area contributed by atoms with E-state index >= 15 is 0 Å². The van der Waals surface area contributed by atoms with Gasteiger partial charge in [-0.05, 0) is 224 Å². The molecule has 0 amide bonds. The van der Waals surface area contributed by atoms with E-state index in [0.29, 0.717) is 23.0 Å². The lowest BCUT2D eigenvalue weighted by Crippen LogP contribution is -2.18. The Labute approximate surface area is 359 Å². The van der Waals surface area contributed by atoms with Gasteiger partial charge < -0.3 is 20.4 Å². The Morgan fingerprint density at radius 1 is 0.333 bits per heavy atom. The molecule has 0 unspecified atom stereocenters. The molecule has 4 aromatic rings. The van der Waals surface area contributed by atoms with E-state index in [9.17, 15) is 20.4 Å². The predicted molar refractivity (Wildman–Crippen MR) is 247 cm³/mol. The standard InChI is InChI=1S/2C26H34N2O2/c2*1-19(21-7-9-25(29)23(15-21)17-27-11-3-4-12-27)20(2)22-8-10-26(30)24(16-22)18-28-13-5-6-14-28/h2*7-10,15-16,29-30H,3-6,11-14,17-18H2,1-2H3/b20-19+;20-19-. The van der Waals surface area contributed by atoms with Gasteiger partial charge in [-0.3, -0.25) is 19.6 Å². The van der Waals surface area contributed by atoms with Gasteiger partial charge in [-0.2, -0.15) is 0 Å². The van der Waals surface area contributed by atoms with Crippen molar-refractivity contribution in [2.45, 2.75) is 105 Å². The molecule has 0 aliphatic carbocycles. The third kappa shape index (κ3) is 11.0. The van der Waals surface area contributed by atoms with Crippen molar-refractivity contribution in [3.8, 4) is 23.0 Å². The second kappa shape index (κ2) is 20.3. The number of hydrogen-bond acceptors (Lipinski definition) is 8. The summed E-state index contributed by atoms with van der Waals surface area (Å²) in [5.41, 5.74) is 13.4. The van der Waals surface area contributed by atoms with E-state index in [2.05, 4.69) is 71.6 Å². The van der Waals surface area contributed by atoms with Crippen molar-refractivity contribution in [1.29, 1.82) is 0 Å².